The maximum absolute atomic E-state index is 12.9. The van der Waals surface area contributed by atoms with E-state index in [0.717, 1.165) is 10.2 Å². The Bertz CT molecular complexity index is 1270. The molecule has 0 bridgehead atoms. The lowest BCUT2D eigenvalue weighted by molar-refractivity contribution is -0.0328. The molecule has 0 aliphatic carbocycles. The second-order valence-electron chi connectivity index (χ2n) is 6.13. The zero-order valence-corrected chi connectivity index (χ0v) is 16.6. The first kappa shape index (κ1) is 20.2. The summed E-state index contributed by atoms with van der Waals surface area (Å²) in [5, 5.41) is 2.21. The minimum atomic E-state index is -4.41. The van der Waals surface area contributed by atoms with Gasteiger partial charge in [-0.1, -0.05) is 30.3 Å². The molecule has 4 rings (SSSR count). The summed E-state index contributed by atoms with van der Waals surface area (Å²) in [4.78, 5) is 30.1. The van der Waals surface area contributed by atoms with Crippen LogP contribution in [0, 0.1) is 0 Å². The van der Waals surface area contributed by atoms with Gasteiger partial charge in [0.1, 0.15) is 11.2 Å². The molecule has 0 atom stereocenters. The van der Waals surface area contributed by atoms with Crippen molar-refractivity contribution in [3.8, 4) is 11.1 Å². The van der Waals surface area contributed by atoms with Crippen molar-refractivity contribution in [1.82, 2.24) is 9.66 Å². The standard InChI is InChI=1S/C20H12F3N3O2S2/c21-20(22,23)30-14-8-6-13(7-9-14)17(27)25-26-11-24-18-16(19(26)28)15(10-29-18)12-4-2-1-3-5-12/h1-11H,(H,25,27). The van der Waals surface area contributed by atoms with Crippen LogP contribution in [0.4, 0.5) is 13.2 Å². The van der Waals surface area contributed by atoms with E-state index in [1.54, 1.807) is 0 Å². The molecule has 0 spiro atoms. The molecule has 0 unspecified atom stereocenters. The summed E-state index contributed by atoms with van der Waals surface area (Å²) in [6, 6.07) is 14.3. The number of halogens is 3. The first-order valence-electron chi connectivity index (χ1n) is 8.53. The van der Waals surface area contributed by atoms with Crippen LogP contribution in [0.2, 0.25) is 0 Å². The van der Waals surface area contributed by atoms with Crippen LogP contribution >= 0.6 is 23.1 Å². The van der Waals surface area contributed by atoms with Gasteiger partial charge in [-0.05, 0) is 41.6 Å². The Labute approximate surface area is 176 Å². The van der Waals surface area contributed by atoms with Gasteiger partial charge in [0.05, 0.1) is 5.39 Å². The van der Waals surface area contributed by atoms with Gasteiger partial charge < -0.3 is 0 Å². The van der Waals surface area contributed by atoms with Crippen molar-refractivity contribution >= 4 is 39.2 Å². The predicted octanol–water partition coefficient (Wildman–Crippen LogP) is 5.12. The van der Waals surface area contributed by atoms with E-state index in [9.17, 15) is 22.8 Å². The molecular weight excluding hydrogens is 435 g/mol. The van der Waals surface area contributed by atoms with Gasteiger partial charge in [0, 0.05) is 21.4 Å². The van der Waals surface area contributed by atoms with Crippen molar-refractivity contribution in [2.75, 3.05) is 5.43 Å². The Kier molecular flexibility index (Phi) is 5.35. The zero-order chi connectivity index (χ0) is 21.3. The van der Waals surface area contributed by atoms with Crippen LogP contribution in [0.3, 0.4) is 0 Å². The van der Waals surface area contributed by atoms with Gasteiger partial charge in [0.2, 0.25) is 0 Å². The molecule has 0 aliphatic heterocycles. The number of nitrogens with zero attached hydrogens (tertiary/aromatic N) is 2. The van der Waals surface area contributed by atoms with Gasteiger partial charge in [0.15, 0.2) is 0 Å². The number of fused-ring (bicyclic) bond motifs is 1. The normalized spacial score (nSPS) is 11.6. The topological polar surface area (TPSA) is 64.0 Å². The van der Waals surface area contributed by atoms with E-state index in [1.807, 2.05) is 35.7 Å². The highest BCUT2D eigenvalue weighted by atomic mass is 32.2. The Morgan fingerprint density at radius 3 is 2.43 bits per heavy atom. The lowest BCUT2D eigenvalue weighted by Crippen LogP contribution is -2.33. The summed E-state index contributed by atoms with van der Waals surface area (Å²) in [5.41, 5.74) is -0.743. The SMILES string of the molecule is O=C(Nn1cnc2scc(-c3ccccc3)c2c1=O)c1ccc(SC(F)(F)F)cc1. The average Bonchev–Trinajstić information content (AvgIpc) is 3.15. The maximum atomic E-state index is 12.9. The molecule has 0 fully saturated rings. The fourth-order valence-corrected chi connectivity index (χ4v) is 4.27. The molecule has 30 heavy (non-hydrogen) atoms. The number of thiophene rings is 1. The average molecular weight is 447 g/mol. The first-order chi connectivity index (χ1) is 14.3. The maximum Gasteiger partial charge on any atom is 0.446 e. The molecule has 4 aromatic rings. The molecule has 152 valence electrons. The molecule has 0 saturated carbocycles. The Hall–Kier alpha value is -3.11. The van der Waals surface area contributed by atoms with Gasteiger partial charge in [-0.25, -0.2) is 9.66 Å². The smallest absolute Gasteiger partial charge is 0.267 e. The van der Waals surface area contributed by atoms with Crippen LogP contribution in [-0.2, 0) is 0 Å². The number of nitrogens with one attached hydrogen (secondary N) is 1. The quantitative estimate of drug-likeness (QED) is 0.441. The van der Waals surface area contributed by atoms with Crippen LogP contribution < -0.4 is 11.0 Å². The zero-order valence-electron chi connectivity index (χ0n) is 15.0. The first-order valence-corrected chi connectivity index (χ1v) is 10.2. The van der Waals surface area contributed by atoms with E-state index >= 15 is 0 Å². The predicted molar refractivity (Wildman–Crippen MR) is 111 cm³/mol. The van der Waals surface area contributed by atoms with Gasteiger partial charge in [0.25, 0.3) is 11.5 Å². The van der Waals surface area contributed by atoms with Gasteiger partial charge in [-0.15, -0.1) is 11.3 Å². The molecule has 0 aliphatic rings. The number of carbonyl (C=O) groups excluding carboxylic acids is 1. The molecule has 0 radical (unpaired) electrons. The summed E-state index contributed by atoms with van der Waals surface area (Å²) >= 11 is 1.06. The van der Waals surface area contributed by atoms with Crippen LogP contribution in [0.25, 0.3) is 21.3 Å². The second kappa shape index (κ2) is 7.96. The number of thioether (sulfide) groups is 1. The van der Waals surface area contributed by atoms with Crippen molar-refractivity contribution in [2.45, 2.75) is 10.4 Å². The molecule has 0 saturated heterocycles. The molecule has 1 N–H and O–H groups in total. The van der Waals surface area contributed by atoms with Crippen molar-refractivity contribution in [1.29, 1.82) is 0 Å². The van der Waals surface area contributed by atoms with Crippen LogP contribution in [0.5, 0.6) is 0 Å². The van der Waals surface area contributed by atoms with Crippen molar-refractivity contribution in [3.05, 3.63) is 82.2 Å². The summed E-state index contributed by atoms with van der Waals surface area (Å²) in [6.07, 6.45) is 1.21. The number of alkyl halides is 3. The third-order valence-corrected chi connectivity index (χ3v) is 5.78. The summed E-state index contributed by atoms with van der Waals surface area (Å²) in [6.45, 7) is 0. The highest BCUT2D eigenvalue weighted by Crippen LogP contribution is 2.36. The number of rotatable bonds is 4. The second-order valence-corrected chi connectivity index (χ2v) is 8.12. The fourth-order valence-electron chi connectivity index (χ4n) is 2.82. The van der Waals surface area contributed by atoms with Crippen molar-refractivity contribution in [3.63, 3.8) is 0 Å². The molecule has 10 heteroatoms. The van der Waals surface area contributed by atoms with Crippen molar-refractivity contribution in [2.24, 2.45) is 0 Å². The number of hydrogen-bond acceptors (Lipinski definition) is 5. The molecule has 2 aromatic heterocycles. The monoisotopic (exact) mass is 447 g/mol. The minimum absolute atomic E-state index is 0.0370. The van der Waals surface area contributed by atoms with Crippen molar-refractivity contribution < 1.29 is 18.0 Å². The van der Waals surface area contributed by atoms with E-state index in [1.165, 1.54) is 41.9 Å². The number of benzene rings is 2. The van der Waals surface area contributed by atoms with Crippen LogP contribution in [-0.4, -0.2) is 21.1 Å². The minimum Gasteiger partial charge on any atom is -0.267 e. The molecule has 1 amide bonds. The molecule has 2 heterocycles. The highest BCUT2D eigenvalue weighted by molar-refractivity contribution is 8.00. The Morgan fingerprint density at radius 1 is 1.07 bits per heavy atom. The van der Waals surface area contributed by atoms with E-state index in [2.05, 4.69) is 10.4 Å². The largest absolute Gasteiger partial charge is 0.446 e. The number of carbonyl (C=O) groups is 1. The van der Waals surface area contributed by atoms with Gasteiger partial charge >= 0.3 is 5.51 Å². The molecular formula is C20H12F3N3O2S2. The fraction of sp³-hybridized carbons (Fsp3) is 0.0500. The number of amides is 1. The number of hydrogen-bond donors (Lipinski definition) is 1. The van der Waals surface area contributed by atoms with Gasteiger partial charge in [-0.3, -0.25) is 15.0 Å². The van der Waals surface area contributed by atoms with E-state index in [0.29, 0.717) is 15.8 Å². The van der Waals surface area contributed by atoms with E-state index in [-0.39, 0.29) is 22.2 Å². The highest BCUT2D eigenvalue weighted by Gasteiger charge is 2.29. The lowest BCUT2D eigenvalue weighted by Gasteiger charge is -2.09. The van der Waals surface area contributed by atoms with E-state index < -0.39 is 17.0 Å². The van der Waals surface area contributed by atoms with Crippen LogP contribution in [0.1, 0.15) is 10.4 Å². The third-order valence-electron chi connectivity index (χ3n) is 4.15. The summed E-state index contributed by atoms with van der Waals surface area (Å²) in [5.74, 6) is -0.640. The summed E-state index contributed by atoms with van der Waals surface area (Å²) < 4.78 is 38.3. The summed E-state index contributed by atoms with van der Waals surface area (Å²) in [7, 11) is 0. The Morgan fingerprint density at radius 2 is 1.77 bits per heavy atom. The van der Waals surface area contributed by atoms with E-state index in [4.69, 9.17) is 0 Å². The molecule has 2 aromatic carbocycles. The lowest BCUT2D eigenvalue weighted by atomic mass is 10.1. The number of aromatic nitrogens is 2. The molecule has 5 nitrogen and oxygen atoms in total. The third kappa shape index (κ3) is 4.24. The van der Waals surface area contributed by atoms with Crippen LogP contribution in [0.15, 0.2) is 76.0 Å². The van der Waals surface area contributed by atoms with Gasteiger partial charge in [-0.2, -0.15) is 13.2 Å². The Balaban J connectivity index is 1.62.